The fourth-order valence-corrected chi connectivity index (χ4v) is 2.17. The summed E-state index contributed by atoms with van der Waals surface area (Å²) in [7, 11) is 1.67. The minimum atomic E-state index is 0.415. The van der Waals surface area contributed by atoms with Gasteiger partial charge in [0.05, 0.1) is 26.4 Å². The van der Waals surface area contributed by atoms with Crippen molar-refractivity contribution in [1.29, 1.82) is 0 Å². The van der Waals surface area contributed by atoms with Gasteiger partial charge in [-0.05, 0) is 24.9 Å². The van der Waals surface area contributed by atoms with E-state index in [-0.39, 0.29) is 0 Å². The summed E-state index contributed by atoms with van der Waals surface area (Å²) in [6.45, 7) is 6.47. The van der Waals surface area contributed by atoms with E-state index in [1.807, 2.05) is 0 Å². The van der Waals surface area contributed by atoms with Crippen LogP contribution in [0.1, 0.15) is 31.4 Å². The predicted octanol–water partition coefficient (Wildman–Crippen LogP) is 2.80. The molecule has 120 valence electrons. The average molecular weight is 295 g/mol. The van der Waals surface area contributed by atoms with E-state index in [1.165, 1.54) is 5.56 Å². The summed E-state index contributed by atoms with van der Waals surface area (Å²) >= 11 is 0. The zero-order valence-electron chi connectivity index (χ0n) is 13.3. The monoisotopic (exact) mass is 295 g/mol. The van der Waals surface area contributed by atoms with Gasteiger partial charge >= 0.3 is 0 Å². The van der Waals surface area contributed by atoms with Gasteiger partial charge in [-0.15, -0.1) is 0 Å². The van der Waals surface area contributed by atoms with Crippen LogP contribution in [0.4, 0.5) is 0 Å². The molecular formula is C17H29NO3. The minimum absolute atomic E-state index is 0.415. The van der Waals surface area contributed by atoms with Crippen LogP contribution in [0, 0.1) is 0 Å². The highest BCUT2D eigenvalue weighted by Crippen LogP contribution is 2.17. The lowest BCUT2D eigenvalue weighted by Crippen LogP contribution is -2.21. The van der Waals surface area contributed by atoms with E-state index in [4.69, 9.17) is 14.2 Å². The highest BCUT2D eigenvalue weighted by atomic mass is 16.5. The maximum Gasteiger partial charge on any atom is 0.0701 e. The fourth-order valence-electron chi connectivity index (χ4n) is 2.17. The average Bonchev–Trinajstić information content (AvgIpc) is 2.53. The molecule has 1 N–H and O–H groups in total. The molecule has 1 atom stereocenters. The fraction of sp³-hybridized carbons (Fsp3) is 0.647. The van der Waals surface area contributed by atoms with Crippen LogP contribution in [0.3, 0.4) is 0 Å². The molecule has 0 aliphatic carbocycles. The summed E-state index contributed by atoms with van der Waals surface area (Å²) in [5, 5.41) is 3.53. The molecule has 0 radical (unpaired) electrons. The Hall–Kier alpha value is -0.940. The van der Waals surface area contributed by atoms with Gasteiger partial charge in [0.2, 0.25) is 0 Å². The second kappa shape index (κ2) is 12.8. The van der Waals surface area contributed by atoms with Crippen molar-refractivity contribution in [1.82, 2.24) is 5.32 Å². The summed E-state index contributed by atoms with van der Waals surface area (Å²) in [6, 6.07) is 11.0. The molecule has 0 saturated carbocycles. The van der Waals surface area contributed by atoms with Crippen LogP contribution in [0.15, 0.2) is 30.3 Å². The van der Waals surface area contributed by atoms with Gasteiger partial charge in [-0.2, -0.15) is 0 Å². The molecular weight excluding hydrogens is 266 g/mol. The third-order valence-corrected chi connectivity index (χ3v) is 3.24. The molecule has 1 unspecified atom stereocenters. The largest absolute Gasteiger partial charge is 0.382 e. The van der Waals surface area contributed by atoms with Gasteiger partial charge in [0.15, 0.2) is 0 Å². The van der Waals surface area contributed by atoms with Crippen LogP contribution in [0.25, 0.3) is 0 Å². The van der Waals surface area contributed by atoms with Gasteiger partial charge < -0.3 is 19.5 Å². The molecule has 0 heterocycles. The molecule has 0 amide bonds. The molecule has 0 bridgehead atoms. The molecule has 1 rings (SSSR count). The number of benzene rings is 1. The van der Waals surface area contributed by atoms with Crippen LogP contribution in [0.5, 0.6) is 0 Å². The van der Waals surface area contributed by atoms with Crippen LogP contribution in [0.2, 0.25) is 0 Å². The number of ether oxygens (including phenoxy) is 3. The highest BCUT2D eigenvalue weighted by Gasteiger charge is 2.08. The first kappa shape index (κ1) is 18.1. The van der Waals surface area contributed by atoms with E-state index >= 15 is 0 Å². The third kappa shape index (κ3) is 8.83. The predicted molar refractivity (Wildman–Crippen MR) is 85.6 cm³/mol. The van der Waals surface area contributed by atoms with Gasteiger partial charge in [0, 0.05) is 19.8 Å². The minimum Gasteiger partial charge on any atom is -0.382 e. The van der Waals surface area contributed by atoms with E-state index in [2.05, 4.69) is 42.6 Å². The number of nitrogens with one attached hydrogen (secondary N) is 1. The topological polar surface area (TPSA) is 39.7 Å². The van der Waals surface area contributed by atoms with Crippen molar-refractivity contribution in [3.8, 4) is 0 Å². The molecule has 1 aromatic rings. The lowest BCUT2D eigenvalue weighted by Gasteiger charge is -2.18. The van der Waals surface area contributed by atoms with Gasteiger partial charge in [-0.1, -0.05) is 37.3 Å². The molecule has 0 saturated heterocycles. The zero-order valence-corrected chi connectivity index (χ0v) is 13.3. The molecule has 0 aromatic heterocycles. The summed E-state index contributed by atoms with van der Waals surface area (Å²) in [5.74, 6) is 0. The quantitative estimate of drug-likeness (QED) is 0.568. The molecule has 0 fully saturated rings. The first-order valence-electron chi connectivity index (χ1n) is 7.81. The molecule has 0 aliphatic heterocycles. The van der Waals surface area contributed by atoms with Crippen molar-refractivity contribution < 1.29 is 14.2 Å². The van der Waals surface area contributed by atoms with Crippen molar-refractivity contribution >= 4 is 0 Å². The van der Waals surface area contributed by atoms with Crippen LogP contribution >= 0.6 is 0 Å². The van der Waals surface area contributed by atoms with Gasteiger partial charge in [-0.3, -0.25) is 0 Å². The lowest BCUT2D eigenvalue weighted by molar-refractivity contribution is 0.0236. The SMILES string of the molecule is CCNC(CCCOCCOCCOC)c1ccccc1. The third-order valence-electron chi connectivity index (χ3n) is 3.24. The smallest absolute Gasteiger partial charge is 0.0701 e. The molecule has 21 heavy (non-hydrogen) atoms. The van der Waals surface area contributed by atoms with Gasteiger partial charge in [0.1, 0.15) is 0 Å². The first-order chi connectivity index (χ1) is 10.4. The van der Waals surface area contributed by atoms with Crippen molar-refractivity contribution in [2.24, 2.45) is 0 Å². The Kier molecular flexibility index (Phi) is 11.0. The Morgan fingerprint density at radius 3 is 2.29 bits per heavy atom. The normalized spacial score (nSPS) is 12.5. The molecule has 1 aromatic carbocycles. The summed E-state index contributed by atoms with van der Waals surface area (Å²) in [4.78, 5) is 0. The molecule has 0 aliphatic rings. The highest BCUT2D eigenvalue weighted by molar-refractivity contribution is 5.18. The summed E-state index contributed by atoms with van der Waals surface area (Å²) < 4.78 is 15.8. The number of rotatable bonds is 13. The van der Waals surface area contributed by atoms with E-state index < -0.39 is 0 Å². The number of hydrogen-bond acceptors (Lipinski definition) is 4. The van der Waals surface area contributed by atoms with Crippen molar-refractivity contribution in [3.63, 3.8) is 0 Å². The van der Waals surface area contributed by atoms with Crippen LogP contribution < -0.4 is 5.32 Å². The maximum atomic E-state index is 5.58. The number of methoxy groups -OCH3 is 1. The molecule has 4 heteroatoms. The van der Waals surface area contributed by atoms with E-state index in [1.54, 1.807) is 7.11 Å². The van der Waals surface area contributed by atoms with E-state index in [0.717, 1.165) is 26.0 Å². The lowest BCUT2D eigenvalue weighted by atomic mass is 10.0. The molecule has 0 spiro atoms. The van der Waals surface area contributed by atoms with Crippen molar-refractivity contribution in [2.45, 2.75) is 25.8 Å². The Morgan fingerprint density at radius 1 is 0.952 bits per heavy atom. The summed E-state index contributed by atoms with van der Waals surface area (Å²) in [6.07, 6.45) is 2.13. The number of hydrogen-bond donors (Lipinski definition) is 1. The Morgan fingerprint density at radius 2 is 1.62 bits per heavy atom. The standard InChI is InChI=1S/C17H29NO3/c1-3-18-17(16-8-5-4-6-9-16)10-7-11-20-14-15-21-13-12-19-2/h4-6,8-9,17-18H,3,7,10-15H2,1-2H3. The van der Waals surface area contributed by atoms with Gasteiger partial charge in [-0.25, -0.2) is 0 Å². The van der Waals surface area contributed by atoms with Crippen molar-refractivity contribution in [2.75, 3.05) is 46.7 Å². The Labute approximate surface area is 128 Å². The van der Waals surface area contributed by atoms with Gasteiger partial charge in [0.25, 0.3) is 0 Å². The van der Waals surface area contributed by atoms with Crippen molar-refractivity contribution in [3.05, 3.63) is 35.9 Å². The van der Waals surface area contributed by atoms with E-state index in [9.17, 15) is 0 Å². The van der Waals surface area contributed by atoms with Crippen LogP contribution in [-0.2, 0) is 14.2 Å². The summed E-state index contributed by atoms with van der Waals surface area (Å²) in [5.41, 5.74) is 1.35. The maximum absolute atomic E-state index is 5.58. The second-order valence-electron chi connectivity index (χ2n) is 4.88. The molecule has 4 nitrogen and oxygen atoms in total. The Bertz CT molecular complexity index is 332. The second-order valence-corrected chi connectivity index (χ2v) is 4.88. The zero-order chi connectivity index (χ0) is 15.2. The Balaban J connectivity index is 2.09. The van der Waals surface area contributed by atoms with Crippen LogP contribution in [-0.4, -0.2) is 46.7 Å². The first-order valence-corrected chi connectivity index (χ1v) is 7.81. The van der Waals surface area contributed by atoms with E-state index in [0.29, 0.717) is 32.5 Å².